The maximum Gasteiger partial charge on any atom is 0.224 e. The molecule has 0 spiro atoms. The third kappa shape index (κ3) is 4.20. The van der Waals surface area contributed by atoms with Gasteiger partial charge in [-0.2, -0.15) is 0 Å². The number of halogens is 1. The molecule has 1 amide bonds. The molecule has 2 aromatic rings. The summed E-state index contributed by atoms with van der Waals surface area (Å²) in [5, 5.41) is 3.16. The molecule has 0 radical (unpaired) electrons. The van der Waals surface area contributed by atoms with Gasteiger partial charge in [0.25, 0.3) is 0 Å². The number of benzene rings is 2. The normalized spacial score (nSPS) is 15.8. The van der Waals surface area contributed by atoms with Crippen LogP contribution in [-0.2, 0) is 17.6 Å². The Morgan fingerprint density at radius 2 is 2.12 bits per heavy atom. The van der Waals surface area contributed by atoms with E-state index in [1.807, 2.05) is 42.5 Å². The lowest BCUT2D eigenvalue weighted by Gasteiger charge is -2.26. The van der Waals surface area contributed by atoms with E-state index in [4.69, 9.17) is 10.5 Å². The maximum absolute atomic E-state index is 12.4. The van der Waals surface area contributed by atoms with Gasteiger partial charge in [0.15, 0.2) is 0 Å². The fraction of sp³-hybridized carbons (Fsp3) is 0.316. The number of methoxy groups -OCH3 is 1. The molecule has 24 heavy (non-hydrogen) atoms. The Kier molecular flexibility index (Phi) is 6.10. The van der Waals surface area contributed by atoms with E-state index in [-0.39, 0.29) is 24.4 Å². The van der Waals surface area contributed by atoms with E-state index in [1.165, 1.54) is 11.1 Å². The van der Waals surface area contributed by atoms with Crippen molar-refractivity contribution in [3.63, 3.8) is 0 Å². The Labute approximate surface area is 148 Å². The number of carbonyl (C=O) groups is 1. The molecule has 1 aliphatic rings. The van der Waals surface area contributed by atoms with Gasteiger partial charge in [0.2, 0.25) is 5.91 Å². The van der Waals surface area contributed by atoms with Crippen LogP contribution in [0.2, 0.25) is 0 Å². The van der Waals surface area contributed by atoms with Crippen LogP contribution in [0.3, 0.4) is 0 Å². The maximum atomic E-state index is 12.4. The molecule has 0 saturated heterocycles. The molecule has 0 heterocycles. The van der Waals surface area contributed by atoms with Gasteiger partial charge in [-0.25, -0.2) is 0 Å². The number of fused-ring (bicyclic) bond motifs is 1. The van der Waals surface area contributed by atoms with Gasteiger partial charge in [0.1, 0.15) is 5.75 Å². The summed E-state index contributed by atoms with van der Waals surface area (Å²) in [7, 11) is 1.63. The highest BCUT2D eigenvalue weighted by Crippen LogP contribution is 2.31. The molecule has 128 valence electrons. The topological polar surface area (TPSA) is 64.3 Å². The second-order valence-electron chi connectivity index (χ2n) is 6.00. The van der Waals surface area contributed by atoms with E-state index in [9.17, 15) is 4.79 Å². The highest BCUT2D eigenvalue weighted by atomic mass is 35.5. The number of nitrogens with two attached hydrogens (primary N) is 1. The zero-order valence-electron chi connectivity index (χ0n) is 13.7. The van der Waals surface area contributed by atoms with E-state index in [0.717, 1.165) is 36.3 Å². The van der Waals surface area contributed by atoms with Crippen LogP contribution in [0.25, 0.3) is 0 Å². The highest BCUT2D eigenvalue weighted by Gasteiger charge is 2.21. The fourth-order valence-corrected chi connectivity index (χ4v) is 3.20. The molecule has 3 rings (SSSR count). The minimum Gasteiger partial charge on any atom is -0.497 e. The van der Waals surface area contributed by atoms with Crippen LogP contribution in [0.5, 0.6) is 5.75 Å². The number of nitrogen functional groups attached to an aromatic ring is 1. The van der Waals surface area contributed by atoms with E-state index < -0.39 is 0 Å². The molecule has 1 aliphatic carbocycles. The summed E-state index contributed by atoms with van der Waals surface area (Å²) in [5.74, 6) is 0.807. The van der Waals surface area contributed by atoms with E-state index in [1.54, 1.807) is 7.11 Å². The van der Waals surface area contributed by atoms with Gasteiger partial charge in [-0.1, -0.05) is 18.2 Å². The SMILES string of the molecule is COc1cccc(CC(=O)NC2CCCc3cc(N)ccc32)c1.Cl. The first-order valence-corrected chi connectivity index (χ1v) is 7.96. The zero-order valence-corrected chi connectivity index (χ0v) is 14.6. The Hall–Kier alpha value is -2.20. The van der Waals surface area contributed by atoms with E-state index >= 15 is 0 Å². The summed E-state index contributed by atoms with van der Waals surface area (Å²) in [6, 6.07) is 13.7. The summed E-state index contributed by atoms with van der Waals surface area (Å²) < 4.78 is 5.20. The van der Waals surface area contributed by atoms with Crippen molar-refractivity contribution in [3.05, 3.63) is 59.2 Å². The molecule has 1 unspecified atom stereocenters. The van der Waals surface area contributed by atoms with Crippen molar-refractivity contribution >= 4 is 24.0 Å². The lowest BCUT2D eigenvalue weighted by Crippen LogP contribution is -2.32. The monoisotopic (exact) mass is 346 g/mol. The molecular formula is C19H23ClN2O2. The molecule has 2 aromatic carbocycles. The summed E-state index contributed by atoms with van der Waals surface area (Å²) >= 11 is 0. The number of ether oxygens (including phenoxy) is 1. The van der Waals surface area contributed by atoms with Crippen molar-refractivity contribution in [1.29, 1.82) is 0 Å². The van der Waals surface area contributed by atoms with Gasteiger partial charge >= 0.3 is 0 Å². The molecule has 0 aromatic heterocycles. The minimum atomic E-state index is 0. The number of nitrogens with one attached hydrogen (secondary N) is 1. The smallest absolute Gasteiger partial charge is 0.224 e. The summed E-state index contributed by atoms with van der Waals surface area (Å²) in [6.45, 7) is 0. The summed E-state index contributed by atoms with van der Waals surface area (Å²) in [6.07, 6.45) is 3.43. The van der Waals surface area contributed by atoms with Gasteiger partial charge in [0, 0.05) is 5.69 Å². The lowest BCUT2D eigenvalue weighted by molar-refractivity contribution is -0.121. The van der Waals surface area contributed by atoms with Gasteiger partial charge in [-0.05, 0) is 60.2 Å². The number of aryl methyl sites for hydroxylation is 1. The van der Waals surface area contributed by atoms with Crippen LogP contribution in [0.1, 0.15) is 35.6 Å². The second kappa shape index (κ2) is 8.06. The zero-order chi connectivity index (χ0) is 16.2. The second-order valence-corrected chi connectivity index (χ2v) is 6.00. The minimum absolute atomic E-state index is 0. The van der Waals surface area contributed by atoms with Crippen LogP contribution in [-0.4, -0.2) is 13.0 Å². The molecule has 0 fully saturated rings. The van der Waals surface area contributed by atoms with Gasteiger partial charge in [0.05, 0.1) is 19.6 Å². The summed E-state index contributed by atoms with van der Waals surface area (Å²) in [5.41, 5.74) is 10.0. The van der Waals surface area contributed by atoms with Crippen molar-refractivity contribution in [2.24, 2.45) is 0 Å². The Morgan fingerprint density at radius 1 is 1.29 bits per heavy atom. The number of amides is 1. The van der Waals surface area contributed by atoms with Crippen LogP contribution in [0.15, 0.2) is 42.5 Å². The number of hydrogen-bond acceptors (Lipinski definition) is 3. The Balaban J connectivity index is 0.00000208. The van der Waals surface area contributed by atoms with E-state index in [2.05, 4.69) is 5.32 Å². The van der Waals surface area contributed by atoms with Crippen LogP contribution in [0.4, 0.5) is 5.69 Å². The van der Waals surface area contributed by atoms with Crippen molar-refractivity contribution in [2.45, 2.75) is 31.7 Å². The van der Waals surface area contributed by atoms with Crippen molar-refractivity contribution in [3.8, 4) is 5.75 Å². The van der Waals surface area contributed by atoms with Crippen molar-refractivity contribution < 1.29 is 9.53 Å². The Bertz CT molecular complexity index is 718. The van der Waals surface area contributed by atoms with Crippen LogP contribution >= 0.6 is 12.4 Å². The van der Waals surface area contributed by atoms with Gasteiger partial charge < -0.3 is 15.8 Å². The number of carbonyl (C=O) groups excluding carboxylic acids is 1. The van der Waals surface area contributed by atoms with Crippen molar-refractivity contribution in [1.82, 2.24) is 5.32 Å². The average molecular weight is 347 g/mol. The van der Waals surface area contributed by atoms with E-state index in [0.29, 0.717) is 6.42 Å². The highest BCUT2D eigenvalue weighted by molar-refractivity contribution is 5.85. The molecule has 4 nitrogen and oxygen atoms in total. The largest absolute Gasteiger partial charge is 0.497 e. The molecule has 0 saturated carbocycles. The number of rotatable bonds is 4. The number of hydrogen-bond donors (Lipinski definition) is 2. The molecule has 1 atom stereocenters. The third-order valence-corrected chi connectivity index (χ3v) is 4.32. The lowest BCUT2D eigenvalue weighted by atomic mass is 9.87. The standard InChI is InChI=1S/C19H22N2O2.ClH/c1-23-16-6-2-4-13(10-16)11-19(22)21-18-7-3-5-14-12-15(20)8-9-17(14)18;/h2,4,6,8-10,12,18H,3,5,7,11,20H2,1H3,(H,21,22);1H. The molecule has 3 N–H and O–H groups in total. The quantitative estimate of drug-likeness (QED) is 0.833. The van der Waals surface area contributed by atoms with Crippen LogP contribution in [0, 0.1) is 0 Å². The number of anilines is 1. The Morgan fingerprint density at radius 3 is 2.92 bits per heavy atom. The molecule has 5 heteroatoms. The predicted molar refractivity (Wildman–Crippen MR) is 98.6 cm³/mol. The van der Waals surface area contributed by atoms with Crippen molar-refractivity contribution in [2.75, 3.05) is 12.8 Å². The summed E-state index contributed by atoms with van der Waals surface area (Å²) in [4.78, 5) is 12.4. The van der Waals surface area contributed by atoms with Crippen LogP contribution < -0.4 is 15.8 Å². The molecule has 0 bridgehead atoms. The first-order chi connectivity index (χ1) is 11.2. The predicted octanol–water partition coefficient (Wildman–Crippen LogP) is 3.44. The first kappa shape index (κ1) is 18.1. The fourth-order valence-electron chi connectivity index (χ4n) is 3.20. The van der Waals surface area contributed by atoms with Gasteiger partial charge in [-0.3, -0.25) is 4.79 Å². The third-order valence-electron chi connectivity index (χ3n) is 4.32. The average Bonchev–Trinajstić information content (AvgIpc) is 2.55. The molecule has 0 aliphatic heterocycles. The van der Waals surface area contributed by atoms with Gasteiger partial charge in [-0.15, -0.1) is 12.4 Å². The molecular weight excluding hydrogens is 324 g/mol. The first-order valence-electron chi connectivity index (χ1n) is 7.96.